The van der Waals surface area contributed by atoms with Crippen LogP contribution in [0.15, 0.2) is 59.5 Å². The number of nitrogens with zero attached hydrogens (tertiary/aromatic N) is 1. The maximum absolute atomic E-state index is 11.6. The molecule has 4 nitrogen and oxygen atoms in total. The maximum atomic E-state index is 11.6. The van der Waals surface area contributed by atoms with Crippen molar-refractivity contribution in [3.8, 4) is 0 Å². The van der Waals surface area contributed by atoms with Gasteiger partial charge in [-0.3, -0.25) is 4.98 Å². The molecule has 0 aliphatic heterocycles. The molecule has 0 saturated carbocycles. The van der Waals surface area contributed by atoms with Crippen LogP contribution in [0.1, 0.15) is 11.1 Å². The summed E-state index contributed by atoms with van der Waals surface area (Å²) in [5.74, 6) is 0. The van der Waals surface area contributed by atoms with Gasteiger partial charge in [0.05, 0.1) is 0 Å². The third-order valence-electron chi connectivity index (χ3n) is 2.56. The Hall–Kier alpha value is -2.14. The molecule has 0 unspecified atom stereocenters. The Balaban J connectivity index is 1.79. The minimum Gasteiger partial charge on any atom is -0.334 e. The van der Waals surface area contributed by atoms with Crippen LogP contribution in [0.5, 0.6) is 0 Å². The Morgan fingerprint density at radius 1 is 1.25 bits per heavy atom. The minimum absolute atomic E-state index is 0.253. The van der Waals surface area contributed by atoms with Crippen LogP contribution in [0, 0.1) is 0 Å². The van der Waals surface area contributed by atoms with Crippen LogP contribution < -0.4 is 10.6 Å². The van der Waals surface area contributed by atoms with E-state index in [9.17, 15) is 4.79 Å². The van der Waals surface area contributed by atoms with Gasteiger partial charge in [0.25, 0.3) is 0 Å². The molecule has 2 rings (SSSR count). The zero-order valence-corrected chi connectivity index (χ0v) is 12.3. The first-order valence-corrected chi connectivity index (χ1v) is 6.89. The summed E-state index contributed by atoms with van der Waals surface area (Å²) in [6.07, 6.45) is 6.85. The first kappa shape index (κ1) is 14.3. The molecule has 1 heterocycles. The number of hydrogen-bond donors (Lipinski definition) is 2. The van der Waals surface area contributed by atoms with Gasteiger partial charge in [-0.25, -0.2) is 4.79 Å². The van der Waals surface area contributed by atoms with Gasteiger partial charge in [0.15, 0.2) is 0 Å². The number of carbonyl (C=O) groups excluding carboxylic acids is 1. The molecule has 0 spiro atoms. The Kier molecular flexibility index (Phi) is 5.32. The van der Waals surface area contributed by atoms with E-state index < -0.39 is 0 Å². The number of aromatic nitrogens is 1. The van der Waals surface area contributed by atoms with Gasteiger partial charge in [-0.1, -0.05) is 40.2 Å². The Morgan fingerprint density at radius 3 is 2.85 bits per heavy atom. The molecule has 0 atom stereocenters. The van der Waals surface area contributed by atoms with Crippen LogP contribution in [-0.4, -0.2) is 11.0 Å². The molecule has 0 aliphatic carbocycles. The molecular weight excluding hydrogens is 318 g/mol. The summed E-state index contributed by atoms with van der Waals surface area (Å²) in [5, 5.41) is 5.40. The van der Waals surface area contributed by atoms with Crippen molar-refractivity contribution in [2.24, 2.45) is 0 Å². The second-order valence-corrected chi connectivity index (χ2v) is 4.90. The van der Waals surface area contributed by atoms with Crippen molar-refractivity contribution in [1.29, 1.82) is 0 Å². The van der Waals surface area contributed by atoms with Crippen molar-refractivity contribution in [2.45, 2.75) is 6.54 Å². The van der Waals surface area contributed by atoms with Gasteiger partial charge >= 0.3 is 6.03 Å². The number of nitrogens with one attached hydrogen (secondary N) is 2. The van der Waals surface area contributed by atoms with E-state index in [0.29, 0.717) is 6.54 Å². The molecular formula is C15H14BrN3O. The predicted octanol–water partition coefficient (Wildman–Crippen LogP) is 3.31. The third kappa shape index (κ3) is 4.51. The molecule has 2 amide bonds. The first-order chi connectivity index (χ1) is 9.75. The lowest BCUT2D eigenvalue weighted by atomic mass is 10.2. The normalized spacial score (nSPS) is 10.4. The molecule has 102 valence electrons. The molecule has 2 aromatic rings. The van der Waals surface area contributed by atoms with Crippen molar-refractivity contribution in [2.75, 3.05) is 0 Å². The Morgan fingerprint density at radius 2 is 2.10 bits per heavy atom. The zero-order valence-electron chi connectivity index (χ0n) is 10.7. The van der Waals surface area contributed by atoms with Crippen molar-refractivity contribution in [3.05, 3.63) is 70.6 Å². The second kappa shape index (κ2) is 7.45. The summed E-state index contributed by atoms with van der Waals surface area (Å²) in [7, 11) is 0. The molecule has 2 N–H and O–H groups in total. The Bertz CT molecular complexity index is 599. The van der Waals surface area contributed by atoms with Crippen molar-refractivity contribution < 1.29 is 4.79 Å². The maximum Gasteiger partial charge on any atom is 0.319 e. The third-order valence-corrected chi connectivity index (χ3v) is 3.28. The Labute approximate surface area is 126 Å². The van der Waals surface area contributed by atoms with E-state index in [1.165, 1.54) is 0 Å². The summed E-state index contributed by atoms with van der Waals surface area (Å²) >= 11 is 3.44. The highest BCUT2D eigenvalue weighted by Gasteiger charge is 1.98. The largest absolute Gasteiger partial charge is 0.334 e. The smallest absolute Gasteiger partial charge is 0.319 e. The fourth-order valence-electron chi connectivity index (χ4n) is 1.55. The molecule has 1 aromatic heterocycles. The van der Waals surface area contributed by atoms with Crippen LogP contribution in [0.3, 0.4) is 0 Å². The van der Waals surface area contributed by atoms with Crippen LogP contribution in [0.25, 0.3) is 6.08 Å². The van der Waals surface area contributed by atoms with Crippen LogP contribution in [-0.2, 0) is 6.54 Å². The van der Waals surface area contributed by atoms with Crippen molar-refractivity contribution in [1.82, 2.24) is 15.6 Å². The standard InChI is InChI=1S/C15H14BrN3O/c16-14-6-2-1-5-13(14)7-9-18-15(20)19-11-12-4-3-8-17-10-12/h1-10H,11H2,(H2,18,19,20)/b9-7+. The number of halogens is 1. The van der Waals surface area contributed by atoms with E-state index in [2.05, 4.69) is 31.5 Å². The highest BCUT2D eigenvalue weighted by atomic mass is 79.9. The topological polar surface area (TPSA) is 54.0 Å². The number of pyridine rings is 1. The minimum atomic E-state index is -0.253. The molecule has 20 heavy (non-hydrogen) atoms. The summed E-state index contributed by atoms with van der Waals surface area (Å²) in [4.78, 5) is 15.6. The van der Waals surface area contributed by atoms with Gasteiger partial charge in [-0.15, -0.1) is 0 Å². The fourth-order valence-corrected chi connectivity index (χ4v) is 1.97. The van der Waals surface area contributed by atoms with E-state index >= 15 is 0 Å². The first-order valence-electron chi connectivity index (χ1n) is 6.10. The van der Waals surface area contributed by atoms with Gasteiger partial charge in [-0.05, 0) is 29.3 Å². The van der Waals surface area contributed by atoms with E-state index in [1.54, 1.807) is 18.6 Å². The molecule has 0 aliphatic rings. The van der Waals surface area contributed by atoms with Gasteiger partial charge in [0, 0.05) is 29.6 Å². The molecule has 0 saturated heterocycles. The van der Waals surface area contributed by atoms with E-state index in [1.807, 2.05) is 42.5 Å². The summed E-state index contributed by atoms with van der Waals surface area (Å²) in [6.45, 7) is 0.447. The van der Waals surface area contributed by atoms with E-state index in [4.69, 9.17) is 0 Å². The molecule has 0 fully saturated rings. The number of urea groups is 1. The van der Waals surface area contributed by atoms with Crippen LogP contribution in [0.2, 0.25) is 0 Å². The van der Waals surface area contributed by atoms with Gasteiger partial charge in [-0.2, -0.15) is 0 Å². The van der Waals surface area contributed by atoms with Gasteiger partial charge < -0.3 is 10.6 Å². The van der Waals surface area contributed by atoms with Crippen LogP contribution >= 0.6 is 15.9 Å². The highest BCUT2D eigenvalue weighted by Crippen LogP contribution is 2.16. The summed E-state index contributed by atoms with van der Waals surface area (Å²) < 4.78 is 0.980. The number of amides is 2. The lowest BCUT2D eigenvalue weighted by Gasteiger charge is -2.04. The summed E-state index contributed by atoms with van der Waals surface area (Å²) in [6, 6.07) is 11.3. The summed E-state index contributed by atoms with van der Waals surface area (Å²) in [5.41, 5.74) is 1.96. The van der Waals surface area contributed by atoms with Gasteiger partial charge in [0.1, 0.15) is 0 Å². The number of carbonyl (C=O) groups is 1. The number of benzene rings is 1. The molecule has 5 heteroatoms. The molecule has 1 aromatic carbocycles. The fraction of sp³-hybridized carbons (Fsp3) is 0.0667. The van der Waals surface area contributed by atoms with Crippen molar-refractivity contribution in [3.63, 3.8) is 0 Å². The van der Waals surface area contributed by atoms with Crippen LogP contribution in [0.4, 0.5) is 4.79 Å². The number of hydrogen-bond acceptors (Lipinski definition) is 2. The lowest BCUT2D eigenvalue weighted by Crippen LogP contribution is -2.31. The van der Waals surface area contributed by atoms with E-state index in [-0.39, 0.29) is 6.03 Å². The molecule has 0 bridgehead atoms. The average Bonchev–Trinajstić information content (AvgIpc) is 2.48. The zero-order chi connectivity index (χ0) is 14.2. The van der Waals surface area contributed by atoms with E-state index in [0.717, 1.165) is 15.6 Å². The highest BCUT2D eigenvalue weighted by molar-refractivity contribution is 9.10. The predicted molar refractivity (Wildman–Crippen MR) is 82.8 cm³/mol. The SMILES string of the molecule is O=C(N/C=C/c1ccccc1Br)NCc1cccnc1. The average molecular weight is 332 g/mol. The monoisotopic (exact) mass is 331 g/mol. The second-order valence-electron chi connectivity index (χ2n) is 4.04. The van der Waals surface area contributed by atoms with Gasteiger partial charge in [0.2, 0.25) is 0 Å². The van der Waals surface area contributed by atoms with Crippen molar-refractivity contribution >= 4 is 28.0 Å². The molecule has 0 radical (unpaired) electrons. The number of rotatable bonds is 4. The lowest BCUT2D eigenvalue weighted by molar-refractivity contribution is 0.244. The quantitative estimate of drug-likeness (QED) is 0.902.